The molecule has 0 aromatic rings. The van der Waals surface area contributed by atoms with Crippen LogP contribution in [-0.2, 0) is 4.79 Å². The lowest BCUT2D eigenvalue weighted by molar-refractivity contribution is -0.124. The lowest BCUT2D eigenvalue weighted by Gasteiger charge is -2.07. The van der Waals surface area contributed by atoms with Crippen molar-refractivity contribution in [2.24, 2.45) is 0 Å². The number of hydrogen-bond acceptors (Lipinski definition) is 2. The van der Waals surface area contributed by atoms with Gasteiger partial charge in [-0.25, -0.2) is 0 Å². The van der Waals surface area contributed by atoms with Crippen LogP contribution in [0.4, 0.5) is 0 Å². The molecule has 0 spiro atoms. The van der Waals surface area contributed by atoms with Crippen LogP contribution in [0.25, 0.3) is 0 Å². The van der Waals surface area contributed by atoms with Crippen LogP contribution in [0.3, 0.4) is 0 Å². The highest BCUT2D eigenvalue weighted by Gasteiger charge is 2.41. The molecule has 0 unspecified atom stereocenters. The van der Waals surface area contributed by atoms with Gasteiger partial charge >= 0.3 is 0 Å². The van der Waals surface area contributed by atoms with Crippen molar-refractivity contribution >= 4 is 5.91 Å². The van der Waals surface area contributed by atoms with Crippen molar-refractivity contribution in [2.75, 3.05) is 0 Å². The Bertz CT molecular complexity index is 129. The van der Waals surface area contributed by atoms with Crippen LogP contribution < -0.4 is 5.32 Å². The first-order valence-electron chi connectivity index (χ1n) is 3.20. The van der Waals surface area contributed by atoms with E-state index in [2.05, 4.69) is 5.32 Å². The molecule has 0 aliphatic heterocycles. The molecule has 0 saturated heterocycles. The van der Waals surface area contributed by atoms with E-state index in [-0.39, 0.29) is 5.91 Å². The van der Waals surface area contributed by atoms with Gasteiger partial charge in [0.15, 0.2) is 0 Å². The van der Waals surface area contributed by atoms with Crippen molar-refractivity contribution in [2.45, 2.75) is 31.9 Å². The van der Waals surface area contributed by atoms with Gasteiger partial charge < -0.3 is 10.4 Å². The maximum absolute atomic E-state index is 10.6. The predicted molar refractivity (Wildman–Crippen MR) is 32.6 cm³/mol. The van der Waals surface area contributed by atoms with E-state index >= 15 is 0 Å². The van der Waals surface area contributed by atoms with E-state index in [0.29, 0.717) is 19.3 Å². The second-order valence-electron chi connectivity index (χ2n) is 2.43. The maximum Gasteiger partial charge on any atom is 0.221 e. The Morgan fingerprint density at radius 1 is 1.78 bits per heavy atom. The zero-order valence-electron chi connectivity index (χ0n) is 5.48. The molecule has 1 fully saturated rings. The molecule has 0 radical (unpaired) electrons. The van der Waals surface area contributed by atoms with E-state index in [0.717, 1.165) is 0 Å². The van der Waals surface area contributed by atoms with Crippen LogP contribution in [0.5, 0.6) is 0 Å². The lowest BCUT2D eigenvalue weighted by Crippen LogP contribution is -2.35. The Morgan fingerprint density at radius 3 is 2.67 bits per heavy atom. The molecular formula is C6H11NO2. The number of carbonyl (C=O) groups is 1. The summed E-state index contributed by atoms with van der Waals surface area (Å²) in [6.07, 6.45) is 1.86. The van der Waals surface area contributed by atoms with E-state index in [4.69, 9.17) is 5.11 Å². The van der Waals surface area contributed by atoms with Crippen LogP contribution >= 0.6 is 0 Å². The van der Waals surface area contributed by atoms with Gasteiger partial charge in [-0.15, -0.1) is 0 Å². The van der Waals surface area contributed by atoms with E-state index in [9.17, 15) is 4.79 Å². The molecule has 0 aromatic carbocycles. The largest absolute Gasteiger partial charge is 0.371 e. The monoisotopic (exact) mass is 129 g/mol. The Labute approximate surface area is 54.1 Å². The van der Waals surface area contributed by atoms with Gasteiger partial charge in [0, 0.05) is 6.42 Å². The molecule has 1 aliphatic rings. The Kier molecular flexibility index (Phi) is 1.45. The number of nitrogens with one attached hydrogen (secondary N) is 1. The van der Waals surface area contributed by atoms with Crippen molar-refractivity contribution in [1.29, 1.82) is 0 Å². The summed E-state index contributed by atoms with van der Waals surface area (Å²) in [6.45, 7) is 1.76. The summed E-state index contributed by atoms with van der Waals surface area (Å²) >= 11 is 0. The Hall–Kier alpha value is -0.570. The summed E-state index contributed by atoms with van der Waals surface area (Å²) < 4.78 is 0. The zero-order valence-corrected chi connectivity index (χ0v) is 5.48. The number of amides is 1. The first-order valence-corrected chi connectivity index (χ1v) is 3.20. The molecular weight excluding hydrogens is 118 g/mol. The smallest absolute Gasteiger partial charge is 0.221 e. The van der Waals surface area contributed by atoms with Crippen LogP contribution in [0.2, 0.25) is 0 Å². The van der Waals surface area contributed by atoms with Gasteiger partial charge in [-0.2, -0.15) is 0 Å². The molecule has 2 N–H and O–H groups in total. The van der Waals surface area contributed by atoms with E-state index < -0.39 is 5.72 Å². The molecule has 1 saturated carbocycles. The van der Waals surface area contributed by atoms with Gasteiger partial charge in [-0.05, 0) is 12.8 Å². The fraction of sp³-hybridized carbons (Fsp3) is 0.833. The predicted octanol–water partition coefficient (Wildman–Crippen LogP) is -0.00500. The normalized spacial score (nSPS) is 21.1. The molecule has 1 rings (SSSR count). The first-order chi connectivity index (χ1) is 4.16. The SMILES string of the molecule is CCC(=O)NC1(O)CC1. The summed E-state index contributed by atoms with van der Waals surface area (Å²) in [5, 5.41) is 11.6. The van der Waals surface area contributed by atoms with Crippen molar-refractivity contribution in [3.05, 3.63) is 0 Å². The molecule has 0 aromatic heterocycles. The van der Waals surface area contributed by atoms with Crippen LogP contribution in [0, 0.1) is 0 Å². The summed E-state index contributed by atoms with van der Waals surface area (Å²) in [5.74, 6) is -0.0741. The maximum atomic E-state index is 10.6. The molecule has 0 bridgehead atoms. The minimum absolute atomic E-state index is 0.0741. The van der Waals surface area contributed by atoms with Gasteiger partial charge in [-0.1, -0.05) is 6.92 Å². The Balaban J connectivity index is 2.25. The molecule has 1 aliphatic carbocycles. The molecule has 0 heterocycles. The van der Waals surface area contributed by atoms with E-state index in [1.165, 1.54) is 0 Å². The number of aliphatic hydroxyl groups is 1. The third kappa shape index (κ3) is 1.68. The van der Waals surface area contributed by atoms with Crippen LogP contribution in [0.15, 0.2) is 0 Å². The van der Waals surface area contributed by atoms with Gasteiger partial charge in [0.1, 0.15) is 5.72 Å². The first kappa shape index (κ1) is 6.55. The molecule has 3 heteroatoms. The fourth-order valence-corrected chi connectivity index (χ4v) is 0.591. The molecule has 3 nitrogen and oxygen atoms in total. The second kappa shape index (κ2) is 1.99. The van der Waals surface area contributed by atoms with Gasteiger partial charge in [0.25, 0.3) is 0 Å². The summed E-state index contributed by atoms with van der Waals surface area (Å²) in [4.78, 5) is 10.6. The topological polar surface area (TPSA) is 49.3 Å². The molecule has 1 amide bonds. The van der Waals surface area contributed by atoms with E-state index in [1.54, 1.807) is 6.92 Å². The third-order valence-corrected chi connectivity index (χ3v) is 1.42. The van der Waals surface area contributed by atoms with Crippen molar-refractivity contribution < 1.29 is 9.90 Å². The van der Waals surface area contributed by atoms with Crippen LogP contribution in [-0.4, -0.2) is 16.7 Å². The summed E-state index contributed by atoms with van der Waals surface area (Å²) in [7, 11) is 0. The number of carbonyl (C=O) groups excluding carboxylic acids is 1. The third-order valence-electron chi connectivity index (χ3n) is 1.42. The number of hydrogen-bond donors (Lipinski definition) is 2. The van der Waals surface area contributed by atoms with Gasteiger partial charge in [0.05, 0.1) is 0 Å². The fourth-order valence-electron chi connectivity index (χ4n) is 0.591. The zero-order chi connectivity index (χ0) is 6.91. The quantitative estimate of drug-likeness (QED) is 0.515. The van der Waals surface area contributed by atoms with Crippen molar-refractivity contribution in [1.82, 2.24) is 5.32 Å². The highest BCUT2D eigenvalue weighted by Crippen LogP contribution is 2.31. The Morgan fingerprint density at radius 2 is 2.33 bits per heavy atom. The van der Waals surface area contributed by atoms with Crippen LogP contribution in [0.1, 0.15) is 26.2 Å². The van der Waals surface area contributed by atoms with Crippen molar-refractivity contribution in [3.63, 3.8) is 0 Å². The van der Waals surface area contributed by atoms with Gasteiger partial charge in [0.2, 0.25) is 5.91 Å². The molecule has 0 atom stereocenters. The second-order valence-corrected chi connectivity index (χ2v) is 2.43. The average molecular weight is 129 g/mol. The summed E-state index contributed by atoms with van der Waals surface area (Å²) in [5.41, 5.74) is -0.826. The number of rotatable bonds is 2. The standard InChI is InChI=1S/C6H11NO2/c1-2-5(8)7-6(9)3-4-6/h9H,2-4H2,1H3,(H,7,8). The van der Waals surface area contributed by atoms with E-state index in [1.807, 2.05) is 0 Å². The summed E-state index contributed by atoms with van der Waals surface area (Å²) in [6, 6.07) is 0. The highest BCUT2D eigenvalue weighted by molar-refractivity contribution is 5.76. The highest BCUT2D eigenvalue weighted by atomic mass is 16.3. The molecule has 52 valence electrons. The molecule has 9 heavy (non-hydrogen) atoms. The minimum atomic E-state index is -0.826. The van der Waals surface area contributed by atoms with Crippen molar-refractivity contribution in [3.8, 4) is 0 Å². The minimum Gasteiger partial charge on any atom is -0.371 e. The average Bonchev–Trinajstić information content (AvgIpc) is 2.48. The lowest BCUT2D eigenvalue weighted by atomic mass is 10.4. The van der Waals surface area contributed by atoms with Gasteiger partial charge in [-0.3, -0.25) is 4.79 Å².